The van der Waals surface area contributed by atoms with Crippen molar-refractivity contribution >= 4 is 28.8 Å². The number of carbonyl (C=O) groups excluding carboxylic acids is 1. The summed E-state index contributed by atoms with van der Waals surface area (Å²) in [6.45, 7) is 3.79. The fourth-order valence-corrected chi connectivity index (χ4v) is 3.34. The predicted octanol–water partition coefficient (Wildman–Crippen LogP) is 4.73. The topological polar surface area (TPSA) is 33.2 Å². The molecule has 1 aliphatic carbocycles. The first kappa shape index (κ1) is 15.5. The second kappa shape index (κ2) is 6.80. The average molecular weight is 335 g/mol. The van der Waals surface area contributed by atoms with Gasteiger partial charge in [-0.05, 0) is 37.3 Å². The molecule has 0 saturated heterocycles. The number of benzene rings is 1. The SMILES string of the molecule is CCCN(CC1CC1)C(=O)c1csc(-c2ccc(Cl)cc2)n1. The summed E-state index contributed by atoms with van der Waals surface area (Å²) in [5.74, 6) is 0.759. The summed E-state index contributed by atoms with van der Waals surface area (Å²) in [5, 5.41) is 3.43. The van der Waals surface area contributed by atoms with Crippen LogP contribution in [0.25, 0.3) is 10.6 Å². The van der Waals surface area contributed by atoms with Gasteiger partial charge in [-0.1, -0.05) is 30.7 Å². The van der Waals surface area contributed by atoms with Crippen LogP contribution in [0.5, 0.6) is 0 Å². The number of carbonyl (C=O) groups is 1. The number of nitrogens with zero attached hydrogens (tertiary/aromatic N) is 2. The molecule has 116 valence electrons. The Morgan fingerprint density at radius 2 is 2.09 bits per heavy atom. The van der Waals surface area contributed by atoms with Crippen LogP contribution in [0.2, 0.25) is 5.02 Å². The number of aromatic nitrogens is 1. The molecule has 3 nitrogen and oxygen atoms in total. The van der Waals surface area contributed by atoms with E-state index in [1.165, 1.54) is 24.2 Å². The van der Waals surface area contributed by atoms with Crippen LogP contribution in [0.3, 0.4) is 0 Å². The third kappa shape index (κ3) is 3.68. The van der Waals surface area contributed by atoms with Gasteiger partial charge in [0.1, 0.15) is 10.7 Å². The predicted molar refractivity (Wildman–Crippen MR) is 91.5 cm³/mol. The number of hydrogen-bond acceptors (Lipinski definition) is 3. The minimum Gasteiger partial charge on any atom is -0.337 e. The highest BCUT2D eigenvalue weighted by Crippen LogP contribution is 2.31. The van der Waals surface area contributed by atoms with Gasteiger partial charge in [0.2, 0.25) is 0 Å². The summed E-state index contributed by atoms with van der Waals surface area (Å²) in [6, 6.07) is 7.55. The molecule has 22 heavy (non-hydrogen) atoms. The fourth-order valence-electron chi connectivity index (χ4n) is 2.42. The second-order valence-corrected chi connectivity index (χ2v) is 7.03. The monoisotopic (exact) mass is 334 g/mol. The Morgan fingerprint density at radius 1 is 1.36 bits per heavy atom. The van der Waals surface area contributed by atoms with Crippen LogP contribution in [0.15, 0.2) is 29.6 Å². The van der Waals surface area contributed by atoms with Gasteiger partial charge in [0.15, 0.2) is 0 Å². The van der Waals surface area contributed by atoms with E-state index in [0.717, 1.165) is 30.1 Å². The Labute approximate surface area is 139 Å². The molecule has 2 aromatic rings. The number of halogens is 1. The highest BCUT2D eigenvalue weighted by molar-refractivity contribution is 7.13. The van der Waals surface area contributed by atoms with Gasteiger partial charge in [0, 0.05) is 29.1 Å². The molecule has 0 atom stereocenters. The van der Waals surface area contributed by atoms with Crippen LogP contribution in [-0.4, -0.2) is 28.9 Å². The molecule has 0 bridgehead atoms. The first-order chi connectivity index (χ1) is 10.7. The van der Waals surface area contributed by atoms with Crippen molar-refractivity contribution in [2.45, 2.75) is 26.2 Å². The van der Waals surface area contributed by atoms with Gasteiger partial charge in [-0.25, -0.2) is 4.98 Å². The van der Waals surface area contributed by atoms with Crippen LogP contribution < -0.4 is 0 Å². The Kier molecular flexibility index (Phi) is 4.79. The number of amides is 1. The summed E-state index contributed by atoms with van der Waals surface area (Å²) >= 11 is 7.41. The highest BCUT2D eigenvalue weighted by atomic mass is 35.5. The molecular weight excluding hydrogens is 316 g/mol. The summed E-state index contributed by atoms with van der Waals surface area (Å²) < 4.78 is 0. The molecule has 1 heterocycles. The van der Waals surface area contributed by atoms with Crippen molar-refractivity contribution in [2.24, 2.45) is 5.92 Å². The van der Waals surface area contributed by atoms with Crippen molar-refractivity contribution in [3.05, 3.63) is 40.4 Å². The van der Waals surface area contributed by atoms with Crippen molar-refractivity contribution < 1.29 is 4.79 Å². The lowest BCUT2D eigenvalue weighted by atomic mass is 10.2. The standard InChI is InChI=1S/C17H19ClN2OS/c1-2-9-20(10-12-3-4-12)17(21)15-11-22-16(19-15)13-5-7-14(18)8-6-13/h5-8,11-12H,2-4,9-10H2,1H3. The van der Waals surface area contributed by atoms with Crippen molar-refractivity contribution in [3.63, 3.8) is 0 Å². The molecule has 5 heteroatoms. The molecule has 0 aliphatic heterocycles. The Bertz CT molecular complexity index is 649. The minimum absolute atomic E-state index is 0.0604. The van der Waals surface area contributed by atoms with Crippen molar-refractivity contribution in [1.82, 2.24) is 9.88 Å². The van der Waals surface area contributed by atoms with Gasteiger partial charge in [-0.2, -0.15) is 0 Å². The summed E-state index contributed by atoms with van der Waals surface area (Å²) in [5.41, 5.74) is 1.56. The normalized spacial score (nSPS) is 14.1. The van der Waals surface area contributed by atoms with Crippen LogP contribution in [0, 0.1) is 5.92 Å². The van der Waals surface area contributed by atoms with Gasteiger partial charge >= 0.3 is 0 Å². The third-order valence-corrected chi connectivity index (χ3v) is 4.91. The van der Waals surface area contributed by atoms with E-state index in [2.05, 4.69) is 11.9 Å². The zero-order valence-electron chi connectivity index (χ0n) is 12.6. The molecule has 0 N–H and O–H groups in total. The van der Waals surface area contributed by atoms with Crippen molar-refractivity contribution in [2.75, 3.05) is 13.1 Å². The number of hydrogen-bond donors (Lipinski definition) is 0. The molecule has 1 fully saturated rings. The van der Waals surface area contributed by atoms with Crippen molar-refractivity contribution in [1.29, 1.82) is 0 Å². The van der Waals surface area contributed by atoms with Gasteiger partial charge in [0.25, 0.3) is 5.91 Å². The average Bonchev–Trinajstić information content (AvgIpc) is 3.20. The molecule has 0 spiro atoms. The van der Waals surface area contributed by atoms with E-state index >= 15 is 0 Å². The Balaban J connectivity index is 1.76. The Hall–Kier alpha value is -1.39. The molecule has 3 rings (SSSR count). The van der Waals surface area contributed by atoms with Gasteiger partial charge < -0.3 is 4.90 Å². The lowest BCUT2D eigenvalue weighted by Gasteiger charge is -2.20. The fraction of sp³-hybridized carbons (Fsp3) is 0.412. The zero-order valence-corrected chi connectivity index (χ0v) is 14.2. The maximum absolute atomic E-state index is 12.6. The first-order valence-corrected chi connectivity index (χ1v) is 8.94. The van der Waals surface area contributed by atoms with E-state index in [1.807, 2.05) is 34.5 Å². The summed E-state index contributed by atoms with van der Waals surface area (Å²) in [7, 11) is 0. The van der Waals surface area contributed by atoms with E-state index in [4.69, 9.17) is 11.6 Å². The van der Waals surface area contributed by atoms with E-state index in [0.29, 0.717) is 16.6 Å². The third-order valence-electron chi connectivity index (χ3n) is 3.77. The Morgan fingerprint density at radius 3 is 2.73 bits per heavy atom. The van der Waals surface area contributed by atoms with Crippen LogP contribution in [-0.2, 0) is 0 Å². The lowest BCUT2D eigenvalue weighted by molar-refractivity contribution is 0.0742. The molecule has 1 aromatic carbocycles. The summed E-state index contributed by atoms with van der Waals surface area (Å²) in [6.07, 6.45) is 3.48. The van der Waals surface area contributed by atoms with Crippen molar-refractivity contribution in [3.8, 4) is 10.6 Å². The van der Waals surface area contributed by atoms with E-state index in [-0.39, 0.29) is 5.91 Å². The minimum atomic E-state index is 0.0604. The van der Waals surface area contributed by atoms with Gasteiger partial charge in [-0.3, -0.25) is 4.79 Å². The summed E-state index contributed by atoms with van der Waals surface area (Å²) in [4.78, 5) is 19.1. The zero-order chi connectivity index (χ0) is 15.5. The molecule has 1 aromatic heterocycles. The first-order valence-electron chi connectivity index (χ1n) is 7.68. The molecule has 1 aliphatic rings. The van der Waals surface area contributed by atoms with E-state index in [9.17, 15) is 4.79 Å². The lowest BCUT2D eigenvalue weighted by Crippen LogP contribution is -2.33. The molecule has 1 saturated carbocycles. The highest BCUT2D eigenvalue weighted by Gasteiger charge is 2.27. The van der Waals surface area contributed by atoms with E-state index in [1.54, 1.807) is 0 Å². The van der Waals surface area contributed by atoms with E-state index < -0.39 is 0 Å². The largest absolute Gasteiger partial charge is 0.337 e. The second-order valence-electron chi connectivity index (χ2n) is 5.74. The molecular formula is C17H19ClN2OS. The molecule has 0 radical (unpaired) electrons. The number of rotatable bonds is 6. The maximum atomic E-state index is 12.6. The van der Waals surface area contributed by atoms with Crippen LogP contribution in [0.1, 0.15) is 36.7 Å². The van der Waals surface area contributed by atoms with Crippen LogP contribution in [0.4, 0.5) is 0 Å². The van der Waals surface area contributed by atoms with Gasteiger partial charge in [0.05, 0.1) is 0 Å². The smallest absolute Gasteiger partial charge is 0.273 e. The molecule has 0 unspecified atom stereocenters. The maximum Gasteiger partial charge on any atom is 0.273 e. The van der Waals surface area contributed by atoms with Gasteiger partial charge in [-0.15, -0.1) is 11.3 Å². The van der Waals surface area contributed by atoms with Crippen LogP contribution >= 0.6 is 22.9 Å². The quantitative estimate of drug-likeness (QED) is 0.765. The number of thiazole rings is 1. The molecule has 1 amide bonds.